The number of benzene rings is 2. The van der Waals surface area contributed by atoms with Crippen molar-refractivity contribution >= 4 is 63.2 Å². The second kappa shape index (κ2) is 12.6. The number of imide groups is 1. The molecule has 4 rings (SSSR count). The number of non-ortho nitro benzene ring substituents is 1. The van der Waals surface area contributed by atoms with Crippen molar-refractivity contribution in [2.75, 3.05) is 26.2 Å². The second-order valence-electron chi connectivity index (χ2n) is 8.69. The molecule has 0 N–H and O–H groups in total. The lowest BCUT2D eigenvalue weighted by molar-refractivity contribution is -0.384. The van der Waals surface area contributed by atoms with Crippen molar-refractivity contribution in [3.8, 4) is 11.5 Å². The van der Waals surface area contributed by atoms with Crippen molar-refractivity contribution < 1.29 is 28.8 Å². The quantitative estimate of drug-likeness (QED) is 0.157. The first-order valence-electron chi connectivity index (χ1n) is 12.1. The molecular weight excluding hydrogens is 625 g/mol. The van der Waals surface area contributed by atoms with E-state index in [1.165, 1.54) is 12.1 Å². The predicted octanol–water partition coefficient (Wildman–Crippen LogP) is 5.23. The van der Waals surface area contributed by atoms with Crippen molar-refractivity contribution in [1.82, 2.24) is 9.80 Å². The summed E-state index contributed by atoms with van der Waals surface area (Å²) in [6.07, 6.45) is 4.54. The number of piperidine rings is 1. The molecule has 200 valence electrons. The van der Waals surface area contributed by atoms with E-state index in [2.05, 4.69) is 22.6 Å². The first-order valence-corrected chi connectivity index (χ1v) is 14.0. The average Bonchev–Trinajstić information content (AvgIpc) is 3.16. The van der Waals surface area contributed by atoms with Gasteiger partial charge in [-0.15, -0.1) is 0 Å². The van der Waals surface area contributed by atoms with Crippen LogP contribution in [0.4, 0.5) is 10.5 Å². The van der Waals surface area contributed by atoms with Gasteiger partial charge in [0, 0.05) is 25.2 Å². The highest BCUT2D eigenvalue weighted by molar-refractivity contribution is 14.1. The Kier molecular flexibility index (Phi) is 9.26. The highest BCUT2D eigenvalue weighted by atomic mass is 127. The minimum Gasteiger partial charge on any atom is -0.490 e. The normalized spacial score (nSPS) is 16.7. The van der Waals surface area contributed by atoms with Crippen LogP contribution >= 0.6 is 34.4 Å². The van der Waals surface area contributed by atoms with E-state index < -0.39 is 16.1 Å². The molecule has 3 amide bonds. The summed E-state index contributed by atoms with van der Waals surface area (Å²) < 4.78 is 12.4. The molecule has 2 aliphatic rings. The number of ether oxygens (including phenoxy) is 2. The molecule has 0 saturated carbocycles. The zero-order valence-corrected chi connectivity index (χ0v) is 23.7. The lowest BCUT2D eigenvalue weighted by Crippen LogP contribution is -2.44. The molecule has 0 bridgehead atoms. The van der Waals surface area contributed by atoms with Crippen LogP contribution in [0.25, 0.3) is 6.08 Å². The van der Waals surface area contributed by atoms with Crippen LogP contribution < -0.4 is 9.47 Å². The summed E-state index contributed by atoms with van der Waals surface area (Å²) in [5.74, 6) is 0.197. The van der Waals surface area contributed by atoms with Gasteiger partial charge < -0.3 is 14.4 Å². The summed E-state index contributed by atoms with van der Waals surface area (Å²) in [6, 6.07) is 9.70. The fourth-order valence-electron chi connectivity index (χ4n) is 4.16. The molecule has 2 saturated heterocycles. The highest BCUT2D eigenvalue weighted by Gasteiger charge is 2.37. The van der Waals surface area contributed by atoms with Gasteiger partial charge in [-0.2, -0.15) is 0 Å². The van der Waals surface area contributed by atoms with Crippen LogP contribution in [0.5, 0.6) is 11.5 Å². The Morgan fingerprint density at radius 3 is 2.63 bits per heavy atom. The van der Waals surface area contributed by atoms with Crippen LogP contribution in [0.15, 0.2) is 41.3 Å². The number of amides is 3. The number of hydrogen-bond donors (Lipinski definition) is 0. The van der Waals surface area contributed by atoms with E-state index in [9.17, 15) is 24.5 Å². The zero-order chi connectivity index (χ0) is 27.2. The Balaban J connectivity index is 1.50. The lowest BCUT2D eigenvalue weighted by Gasteiger charge is -2.27. The number of nitrogens with zero attached hydrogens (tertiary/aromatic N) is 3. The van der Waals surface area contributed by atoms with Crippen molar-refractivity contribution in [2.45, 2.75) is 32.8 Å². The first kappa shape index (κ1) is 27.9. The van der Waals surface area contributed by atoms with Gasteiger partial charge in [0.15, 0.2) is 11.5 Å². The molecule has 0 radical (unpaired) electrons. The number of carbonyl (C=O) groups is 3. The van der Waals surface area contributed by atoms with E-state index in [0.717, 1.165) is 35.9 Å². The van der Waals surface area contributed by atoms with E-state index >= 15 is 0 Å². The summed E-state index contributed by atoms with van der Waals surface area (Å²) in [4.78, 5) is 51.7. The fourth-order valence-corrected chi connectivity index (χ4v) is 5.78. The van der Waals surface area contributed by atoms with Crippen molar-refractivity contribution in [3.63, 3.8) is 0 Å². The molecule has 10 nitrogen and oxygen atoms in total. The number of nitro groups is 1. The van der Waals surface area contributed by atoms with Crippen molar-refractivity contribution in [3.05, 3.63) is 66.1 Å². The molecule has 2 fully saturated rings. The van der Waals surface area contributed by atoms with Crippen LogP contribution in [0, 0.1) is 13.7 Å². The Morgan fingerprint density at radius 2 is 1.92 bits per heavy atom. The summed E-state index contributed by atoms with van der Waals surface area (Å²) in [6.45, 7) is 3.34. The third kappa shape index (κ3) is 6.65. The van der Waals surface area contributed by atoms with Gasteiger partial charge in [-0.25, -0.2) is 0 Å². The number of thioether (sulfide) groups is 1. The third-order valence-electron chi connectivity index (χ3n) is 6.01. The van der Waals surface area contributed by atoms with Gasteiger partial charge in [-0.3, -0.25) is 29.4 Å². The zero-order valence-electron chi connectivity index (χ0n) is 20.7. The minimum atomic E-state index is -0.496. The van der Waals surface area contributed by atoms with Gasteiger partial charge >= 0.3 is 0 Å². The molecule has 2 aromatic rings. The van der Waals surface area contributed by atoms with Gasteiger partial charge in [0.05, 0.1) is 20.0 Å². The largest absolute Gasteiger partial charge is 0.490 e. The summed E-state index contributed by atoms with van der Waals surface area (Å²) in [7, 11) is 0. The monoisotopic (exact) mass is 651 g/mol. The number of hydrogen-bond acceptors (Lipinski definition) is 8. The topological polar surface area (TPSA) is 119 Å². The Labute approximate surface area is 237 Å². The molecule has 0 aliphatic carbocycles. The first-order chi connectivity index (χ1) is 18.3. The lowest BCUT2D eigenvalue weighted by atomic mass is 10.1. The van der Waals surface area contributed by atoms with E-state index in [-0.39, 0.29) is 29.7 Å². The number of halogens is 1. The van der Waals surface area contributed by atoms with Crippen molar-refractivity contribution in [2.24, 2.45) is 0 Å². The van der Waals surface area contributed by atoms with Crippen LogP contribution in [0.2, 0.25) is 0 Å². The number of rotatable bonds is 9. The van der Waals surface area contributed by atoms with E-state index in [4.69, 9.17) is 9.47 Å². The maximum absolute atomic E-state index is 13.0. The van der Waals surface area contributed by atoms with E-state index in [0.29, 0.717) is 45.9 Å². The van der Waals surface area contributed by atoms with Crippen LogP contribution in [-0.2, 0) is 16.2 Å². The molecule has 38 heavy (non-hydrogen) atoms. The molecule has 0 aromatic heterocycles. The maximum Gasteiger partial charge on any atom is 0.294 e. The fraction of sp³-hybridized carbons (Fsp3) is 0.346. The Morgan fingerprint density at radius 1 is 1.16 bits per heavy atom. The average molecular weight is 651 g/mol. The van der Waals surface area contributed by atoms with Gasteiger partial charge in [0.1, 0.15) is 13.2 Å². The number of likely N-dealkylation sites (tertiary alicyclic amines) is 1. The van der Waals surface area contributed by atoms with Gasteiger partial charge in [0.25, 0.3) is 16.8 Å². The maximum atomic E-state index is 13.0. The molecule has 0 unspecified atom stereocenters. The summed E-state index contributed by atoms with van der Waals surface area (Å²) in [5.41, 5.74) is 1.25. The smallest absolute Gasteiger partial charge is 0.294 e. The minimum absolute atomic E-state index is 0.0206. The molecule has 12 heteroatoms. The molecular formula is C26H26IN3O7S. The standard InChI is InChI=1S/C26H26IN3O7S/c1-2-36-21-13-18(12-20(27)24(21)37-16-17-7-6-8-19(11-17)30(34)35)14-22-25(32)29(26(33)38-22)15-23(31)28-9-4-3-5-10-28/h6-8,11-14H,2-5,9-10,15-16H2,1H3/b22-14-. The van der Waals surface area contributed by atoms with Gasteiger partial charge in [-0.1, -0.05) is 12.1 Å². The predicted molar refractivity (Wildman–Crippen MR) is 151 cm³/mol. The molecule has 2 aromatic carbocycles. The number of nitro benzene ring substituents is 1. The number of carbonyl (C=O) groups excluding carboxylic acids is 3. The second-order valence-corrected chi connectivity index (χ2v) is 10.8. The highest BCUT2D eigenvalue weighted by Crippen LogP contribution is 2.38. The molecule has 2 heterocycles. The van der Waals surface area contributed by atoms with E-state index in [1.54, 1.807) is 35.2 Å². The van der Waals surface area contributed by atoms with E-state index in [1.807, 2.05) is 6.92 Å². The van der Waals surface area contributed by atoms with Crippen molar-refractivity contribution in [1.29, 1.82) is 0 Å². The molecule has 0 spiro atoms. The van der Waals surface area contributed by atoms with Crippen LogP contribution in [-0.4, -0.2) is 58.0 Å². The van der Waals surface area contributed by atoms with Crippen LogP contribution in [0.3, 0.4) is 0 Å². The van der Waals surface area contributed by atoms with Crippen LogP contribution in [0.1, 0.15) is 37.3 Å². The molecule has 0 atom stereocenters. The SMILES string of the molecule is CCOc1cc(/C=C2\SC(=O)N(CC(=O)N3CCCCC3)C2=O)cc(I)c1OCc1cccc([N+](=O)[O-])c1. The molecule has 2 aliphatic heterocycles. The summed E-state index contributed by atoms with van der Waals surface area (Å²) in [5, 5.41) is 10.6. The Hall–Kier alpha value is -3.13. The Bertz CT molecular complexity index is 1290. The van der Waals surface area contributed by atoms with Gasteiger partial charge in [-0.05, 0) is 89.9 Å². The van der Waals surface area contributed by atoms with Gasteiger partial charge in [0.2, 0.25) is 5.91 Å². The third-order valence-corrected chi connectivity index (χ3v) is 7.72. The summed E-state index contributed by atoms with van der Waals surface area (Å²) >= 11 is 2.89.